The maximum Gasteiger partial charge on any atom is 0.394 e. The van der Waals surface area contributed by atoms with Crippen LogP contribution in [0.1, 0.15) is 24.5 Å². The molecule has 3 fully saturated rings. The van der Waals surface area contributed by atoms with Crippen LogP contribution < -0.4 is 0 Å². The van der Waals surface area contributed by atoms with Gasteiger partial charge in [0, 0.05) is 24.2 Å². The van der Waals surface area contributed by atoms with Gasteiger partial charge in [-0.15, -0.1) is 6.58 Å². The number of hydrogen-bond acceptors (Lipinski definition) is 5. The smallest absolute Gasteiger partial charge is 0.387 e. The zero-order valence-electron chi connectivity index (χ0n) is 14.8. The number of benzene rings is 1. The quantitative estimate of drug-likeness (QED) is 0.544. The van der Waals surface area contributed by atoms with E-state index in [9.17, 15) is 5.11 Å². The summed E-state index contributed by atoms with van der Waals surface area (Å²) in [5.74, 6) is 1.27. The monoisotopic (exact) mass is 392 g/mol. The highest BCUT2D eigenvalue weighted by Gasteiger charge is 2.42. The molecule has 3 saturated heterocycles. The molecule has 2 aromatic rings. The first-order valence-electron chi connectivity index (χ1n) is 8.86. The van der Waals surface area contributed by atoms with E-state index < -0.39 is 16.5 Å². The second-order valence-electron chi connectivity index (χ2n) is 7.06. The first-order valence-corrected chi connectivity index (χ1v) is 10.3. The molecule has 3 aliphatic rings. The Morgan fingerprint density at radius 2 is 1.96 bits per heavy atom. The van der Waals surface area contributed by atoms with Gasteiger partial charge in [-0.25, -0.2) is 0 Å². The Morgan fingerprint density at radius 1 is 1.26 bits per heavy atom. The molecule has 8 heteroatoms. The highest BCUT2D eigenvalue weighted by molar-refractivity contribution is 7.79. The lowest BCUT2D eigenvalue weighted by Gasteiger charge is -2.50. The van der Waals surface area contributed by atoms with Crippen molar-refractivity contribution in [3.63, 3.8) is 0 Å². The number of para-hydroxylation sites is 1. The summed E-state index contributed by atoms with van der Waals surface area (Å²) in [7, 11) is -4.67. The summed E-state index contributed by atoms with van der Waals surface area (Å²) in [5.41, 5.74) is 1.97. The van der Waals surface area contributed by atoms with Crippen LogP contribution in [0.25, 0.3) is 10.9 Å². The van der Waals surface area contributed by atoms with E-state index in [-0.39, 0.29) is 6.04 Å². The average Bonchev–Trinajstić information content (AvgIpc) is 2.66. The van der Waals surface area contributed by atoms with Crippen LogP contribution in [0.2, 0.25) is 0 Å². The van der Waals surface area contributed by atoms with Crippen LogP contribution in [0.3, 0.4) is 0 Å². The van der Waals surface area contributed by atoms with E-state index >= 15 is 0 Å². The van der Waals surface area contributed by atoms with Crippen molar-refractivity contribution >= 4 is 21.3 Å². The van der Waals surface area contributed by atoms with Gasteiger partial charge in [-0.3, -0.25) is 19.0 Å². The number of nitrogens with zero attached hydrogens (tertiary/aromatic N) is 2. The van der Waals surface area contributed by atoms with Crippen LogP contribution in [-0.2, 0) is 10.4 Å². The highest BCUT2D eigenvalue weighted by Crippen LogP contribution is 2.41. The van der Waals surface area contributed by atoms with Crippen molar-refractivity contribution in [3.8, 4) is 0 Å². The van der Waals surface area contributed by atoms with Crippen molar-refractivity contribution in [2.75, 3.05) is 13.1 Å². The Morgan fingerprint density at radius 3 is 2.59 bits per heavy atom. The number of aromatic nitrogens is 1. The number of hydrogen-bond donors (Lipinski definition) is 3. The van der Waals surface area contributed by atoms with Crippen LogP contribution in [0.15, 0.2) is 49.2 Å². The third-order valence-electron chi connectivity index (χ3n) is 5.52. The zero-order chi connectivity index (χ0) is 19.6. The first-order chi connectivity index (χ1) is 12.8. The summed E-state index contributed by atoms with van der Waals surface area (Å²) < 4.78 is 31.6. The Hall–Kier alpha value is -1.84. The Kier molecular flexibility index (Phi) is 5.92. The minimum Gasteiger partial charge on any atom is -0.387 e. The molecule has 3 N–H and O–H groups in total. The summed E-state index contributed by atoms with van der Waals surface area (Å²) in [4.78, 5) is 6.86. The van der Waals surface area contributed by atoms with Crippen LogP contribution in [0, 0.1) is 11.8 Å². The molecular weight excluding hydrogens is 368 g/mol. The van der Waals surface area contributed by atoms with Gasteiger partial charge in [0.2, 0.25) is 0 Å². The molecular formula is C19H24N2O5S. The van der Waals surface area contributed by atoms with Gasteiger partial charge in [0.15, 0.2) is 0 Å². The lowest BCUT2D eigenvalue weighted by atomic mass is 9.73. The lowest BCUT2D eigenvalue weighted by molar-refractivity contribution is -0.0444. The molecule has 1 aromatic carbocycles. The van der Waals surface area contributed by atoms with Crippen LogP contribution >= 0.6 is 0 Å². The molecule has 146 valence electrons. The molecule has 7 nitrogen and oxygen atoms in total. The summed E-state index contributed by atoms with van der Waals surface area (Å²) in [6.07, 6.45) is 5.76. The standard InChI is InChI=1S/C19H22N2O.H2O4S/c1-2-13-12-21-10-8-14(13)11-18(21)19(22)16-7-9-20-17-6-4-3-5-15(16)17;1-5(2,3)4/h2-7,9,13-14,18-19,22H,1,8,10-12H2;(H2,1,2,3,4)/t13-,14-,18-,19+;/m0./s1. The number of fused-ring (bicyclic) bond motifs is 4. The fourth-order valence-corrected chi connectivity index (χ4v) is 4.29. The molecule has 1 aromatic heterocycles. The Bertz CT molecular complexity index is 904. The zero-order valence-corrected chi connectivity index (χ0v) is 15.7. The average molecular weight is 392 g/mol. The topological polar surface area (TPSA) is 111 Å². The van der Waals surface area contributed by atoms with Gasteiger partial charge >= 0.3 is 10.4 Å². The van der Waals surface area contributed by atoms with Gasteiger partial charge < -0.3 is 5.11 Å². The molecule has 0 saturated carbocycles. The second-order valence-corrected chi connectivity index (χ2v) is 7.95. The molecule has 0 radical (unpaired) electrons. The van der Waals surface area contributed by atoms with Gasteiger partial charge in [-0.1, -0.05) is 24.3 Å². The van der Waals surface area contributed by atoms with Crippen molar-refractivity contribution in [3.05, 3.63) is 54.7 Å². The predicted octanol–water partition coefficient (Wildman–Crippen LogP) is 2.51. The maximum atomic E-state index is 11.0. The first kappa shape index (κ1) is 19.9. The number of piperidine rings is 3. The van der Waals surface area contributed by atoms with E-state index in [1.807, 2.05) is 30.5 Å². The summed E-state index contributed by atoms with van der Waals surface area (Å²) >= 11 is 0. The largest absolute Gasteiger partial charge is 0.394 e. The molecule has 3 aliphatic heterocycles. The predicted molar refractivity (Wildman–Crippen MR) is 103 cm³/mol. The molecule has 2 bridgehead atoms. The highest BCUT2D eigenvalue weighted by atomic mass is 32.3. The van der Waals surface area contributed by atoms with Crippen LogP contribution in [0.4, 0.5) is 0 Å². The fraction of sp³-hybridized carbons (Fsp3) is 0.421. The molecule has 1 unspecified atom stereocenters. The summed E-state index contributed by atoms with van der Waals surface area (Å²) in [6.45, 7) is 6.11. The molecule has 27 heavy (non-hydrogen) atoms. The van der Waals surface area contributed by atoms with E-state index in [0.717, 1.165) is 36.0 Å². The van der Waals surface area contributed by atoms with Gasteiger partial charge in [-0.2, -0.15) is 8.42 Å². The van der Waals surface area contributed by atoms with Gasteiger partial charge in [0.25, 0.3) is 0 Å². The SMILES string of the molecule is C=C[C@H]1CN2CC[C@H]1C[C@H]2[C@H](O)c1ccnc2ccccc12.O=S(=O)(O)O. The second kappa shape index (κ2) is 8.04. The van der Waals surface area contributed by atoms with Crippen LogP contribution in [0.5, 0.6) is 0 Å². The molecule has 0 amide bonds. The van der Waals surface area contributed by atoms with Gasteiger partial charge in [-0.05, 0) is 48.9 Å². The van der Waals surface area contributed by atoms with Crippen molar-refractivity contribution in [1.29, 1.82) is 0 Å². The maximum absolute atomic E-state index is 11.0. The number of aliphatic hydroxyl groups is 1. The molecule has 0 spiro atoms. The van der Waals surface area contributed by atoms with Gasteiger partial charge in [0.1, 0.15) is 0 Å². The Labute approximate surface area is 158 Å². The minimum atomic E-state index is -4.67. The van der Waals surface area contributed by atoms with Crippen LogP contribution in [-0.4, -0.2) is 51.6 Å². The number of aliphatic hydroxyl groups excluding tert-OH is 1. The third kappa shape index (κ3) is 4.72. The molecule has 5 atom stereocenters. The minimum absolute atomic E-state index is 0.223. The Balaban J connectivity index is 0.000000376. The lowest BCUT2D eigenvalue weighted by Crippen LogP contribution is -2.54. The van der Waals surface area contributed by atoms with Crippen molar-refractivity contribution < 1.29 is 22.6 Å². The van der Waals surface area contributed by atoms with Gasteiger partial charge in [0.05, 0.1) is 11.6 Å². The normalized spacial score (nSPS) is 28.3. The van der Waals surface area contributed by atoms with E-state index in [0.29, 0.717) is 11.8 Å². The van der Waals surface area contributed by atoms with E-state index in [4.69, 9.17) is 17.5 Å². The van der Waals surface area contributed by atoms with Crippen molar-refractivity contribution in [2.24, 2.45) is 11.8 Å². The van der Waals surface area contributed by atoms with E-state index in [2.05, 4.69) is 28.6 Å². The number of pyridine rings is 1. The van der Waals surface area contributed by atoms with E-state index in [1.165, 1.54) is 6.42 Å². The fourth-order valence-electron chi connectivity index (χ4n) is 4.29. The molecule has 0 aliphatic carbocycles. The van der Waals surface area contributed by atoms with E-state index in [1.54, 1.807) is 0 Å². The molecule has 4 heterocycles. The number of rotatable bonds is 3. The van der Waals surface area contributed by atoms with Crippen molar-refractivity contribution in [2.45, 2.75) is 25.0 Å². The summed E-state index contributed by atoms with van der Waals surface area (Å²) in [6, 6.07) is 10.3. The third-order valence-corrected chi connectivity index (χ3v) is 5.52. The summed E-state index contributed by atoms with van der Waals surface area (Å²) in [5, 5.41) is 12.1. The molecule has 5 rings (SSSR count). The van der Waals surface area contributed by atoms with Crippen molar-refractivity contribution in [1.82, 2.24) is 9.88 Å².